The lowest BCUT2D eigenvalue weighted by Gasteiger charge is -2.21. The van der Waals surface area contributed by atoms with Crippen LogP contribution >= 0.6 is 11.8 Å². The van der Waals surface area contributed by atoms with E-state index in [0.29, 0.717) is 25.1 Å². The second-order valence-electron chi connectivity index (χ2n) is 6.91. The minimum atomic E-state index is -1.17. The van der Waals surface area contributed by atoms with Crippen molar-refractivity contribution in [3.8, 4) is 0 Å². The molecule has 12 nitrogen and oxygen atoms in total. The molecule has 0 aromatic heterocycles. The molecule has 13 heteroatoms. The fraction of sp³-hybridized carbons (Fsp3) is 0.722. The maximum absolute atomic E-state index is 12.6. The molecule has 0 heterocycles. The summed E-state index contributed by atoms with van der Waals surface area (Å²) in [5.41, 5.74) is 16.0. The molecule has 0 aromatic carbocycles. The Hall–Kier alpha value is -2.38. The molecule has 4 amide bonds. The van der Waals surface area contributed by atoms with E-state index in [0.717, 1.165) is 0 Å². The van der Waals surface area contributed by atoms with Crippen LogP contribution in [0.1, 0.15) is 38.5 Å². The molecule has 0 spiro atoms. The van der Waals surface area contributed by atoms with E-state index < -0.39 is 54.3 Å². The molecule has 10 N–H and O–H groups in total. The van der Waals surface area contributed by atoms with Crippen LogP contribution in [-0.2, 0) is 24.0 Å². The van der Waals surface area contributed by atoms with Crippen molar-refractivity contribution in [1.29, 1.82) is 0 Å². The van der Waals surface area contributed by atoms with Gasteiger partial charge >= 0.3 is 5.97 Å². The first-order chi connectivity index (χ1) is 14.6. The molecule has 178 valence electrons. The number of carboxylic acids is 1. The van der Waals surface area contributed by atoms with E-state index in [-0.39, 0.29) is 25.7 Å². The molecule has 3 unspecified atom stereocenters. The van der Waals surface area contributed by atoms with Crippen molar-refractivity contribution in [3.05, 3.63) is 0 Å². The summed E-state index contributed by atoms with van der Waals surface area (Å²) in [5, 5.41) is 16.6. The Morgan fingerprint density at radius 1 is 0.968 bits per heavy atom. The molecule has 0 aromatic rings. The first kappa shape index (κ1) is 28.6. The summed E-state index contributed by atoms with van der Waals surface area (Å²) in [4.78, 5) is 58.8. The van der Waals surface area contributed by atoms with E-state index in [2.05, 4.69) is 16.0 Å². The van der Waals surface area contributed by atoms with Crippen LogP contribution in [0.25, 0.3) is 0 Å². The Morgan fingerprint density at radius 2 is 1.65 bits per heavy atom. The largest absolute Gasteiger partial charge is 0.480 e. The Bertz CT molecular complexity index is 620. The number of amides is 4. The standard InChI is InChI=1S/C18H34N6O6S/c1-31-9-7-12(17(28)24-13(18(29)30)4-2-3-8-19)23-15(26)10-22-16(27)11(20)5-6-14(21)25/h11-13H,2-10,19-20H2,1H3,(H2,21,25)(H,22,27)(H,23,26)(H,24,28)(H,29,30). The summed E-state index contributed by atoms with van der Waals surface area (Å²) >= 11 is 1.46. The van der Waals surface area contributed by atoms with E-state index in [1.807, 2.05) is 6.26 Å². The number of carboxylic acid groups (broad SMARTS) is 1. The zero-order valence-electron chi connectivity index (χ0n) is 17.7. The summed E-state index contributed by atoms with van der Waals surface area (Å²) in [7, 11) is 0. The Morgan fingerprint density at radius 3 is 2.19 bits per heavy atom. The zero-order valence-corrected chi connectivity index (χ0v) is 18.5. The number of carbonyl (C=O) groups is 5. The van der Waals surface area contributed by atoms with Crippen LogP contribution in [0.4, 0.5) is 0 Å². The van der Waals surface area contributed by atoms with Gasteiger partial charge in [0.25, 0.3) is 0 Å². The fourth-order valence-electron chi connectivity index (χ4n) is 2.50. The van der Waals surface area contributed by atoms with Crippen LogP contribution in [-0.4, -0.2) is 77.9 Å². The quantitative estimate of drug-likeness (QED) is 0.115. The van der Waals surface area contributed by atoms with Gasteiger partial charge < -0.3 is 38.3 Å². The first-order valence-electron chi connectivity index (χ1n) is 9.95. The maximum atomic E-state index is 12.6. The topological polar surface area (TPSA) is 220 Å². The molecule has 0 aliphatic heterocycles. The number of aliphatic carboxylic acids is 1. The van der Waals surface area contributed by atoms with E-state index in [1.54, 1.807) is 0 Å². The third-order valence-electron chi connectivity index (χ3n) is 4.29. The predicted octanol–water partition coefficient (Wildman–Crippen LogP) is -2.37. The molecule has 31 heavy (non-hydrogen) atoms. The van der Waals surface area contributed by atoms with Gasteiger partial charge in [0, 0.05) is 6.42 Å². The highest BCUT2D eigenvalue weighted by Crippen LogP contribution is 2.05. The highest BCUT2D eigenvalue weighted by molar-refractivity contribution is 7.98. The van der Waals surface area contributed by atoms with E-state index in [1.165, 1.54) is 11.8 Å². The maximum Gasteiger partial charge on any atom is 0.326 e. The van der Waals surface area contributed by atoms with Gasteiger partial charge in [-0.15, -0.1) is 0 Å². The normalized spacial score (nSPS) is 13.5. The number of nitrogens with one attached hydrogen (secondary N) is 3. The van der Waals surface area contributed by atoms with Crippen LogP contribution in [0.15, 0.2) is 0 Å². The van der Waals surface area contributed by atoms with Crippen molar-refractivity contribution in [1.82, 2.24) is 16.0 Å². The average molecular weight is 463 g/mol. The van der Waals surface area contributed by atoms with Gasteiger partial charge in [0.1, 0.15) is 12.1 Å². The second kappa shape index (κ2) is 16.3. The summed E-state index contributed by atoms with van der Waals surface area (Å²) in [6.07, 6.45) is 3.49. The molecule has 3 atom stereocenters. The SMILES string of the molecule is CSCCC(NC(=O)CNC(=O)C(N)CCC(N)=O)C(=O)NC(CCCCN)C(=O)O. The molecule has 0 aliphatic rings. The molecule has 0 saturated carbocycles. The van der Waals surface area contributed by atoms with Crippen molar-refractivity contribution in [2.75, 3.05) is 25.1 Å². The molecule has 0 saturated heterocycles. The van der Waals surface area contributed by atoms with Crippen molar-refractivity contribution in [3.63, 3.8) is 0 Å². The van der Waals surface area contributed by atoms with Gasteiger partial charge in [0.15, 0.2) is 0 Å². The molecule has 0 fully saturated rings. The lowest BCUT2D eigenvalue weighted by atomic mass is 10.1. The summed E-state index contributed by atoms with van der Waals surface area (Å²) < 4.78 is 0. The number of rotatable bonds is 17. The van der Waals surface area contributed by atoms with Gasteiger partial charge in [-0.1, -0.05) is 0 Å². The van der Waals surface area contributed by atoms with Gasteiger partial charge in [0.05, 0.1) is 12.6 Å². The van der Waals surface area contributed by atoms with Gasteiger partial charge in [-0.05, 0) is 50.7 Å². The van der Waals surface area contributed by atoms with Crippen LogP contribution in [0.5, 0.6) is 0 Å². The minimum absolute atomic E-state index is 0.0439. The summed E-state index contributed by atoms with van der Waals surface area (Å²) in [5.74, 6) is -3.09. The smallest absolute Gasteiger partial charge is 0.326 e. The Labute approximate surface area is 185 Å². The lowest BCUT2D eigenvalue weighted by molar-refractivity contribution is -0.142. The average Bonchev–Trinajstić information content (AvgIpc) is 2.72. The third-order valence-corrected chi connectivity index (χ3v) is 4.93. The van der Waals surface area contributed by atoms with E-state index >= 15 is 0 Å². The molecule has 0 radical (unpaired) electrons. The number of nitrogens with two attached hydrogens (primary N) is 3. The Kier molecular flexibility index (Phi) is 15.1. The van der Waals surface area contributed by atoms with Crippen molar-refractivity contribution in [2.24, 2.45) is 17.2 Å². The van der Waals surface area contributed by atoms with E-state index in [9.17, 15) is 29.1 Å². The fourth-order valence-corrected chi connectivity index (χ4v) is 2.97. The highest BCUT2D eigenvalue weighted by Gasteiger charge is 2.26. The van der Waals surface area contributed by atoms with Crippen LogP contribution in [0, 0.1) is 0 Å². The number of carbonyl (C=O) groups excluding carboxylic acids is 4. The minimum Gasteiger partial charge on any atom is -0.480 e. The van der Waals surface area contributed by atoms with Gasteiger partial charge in [-0.2, -0.15) is 11.8 Å². The number of primary amides is 1. The molecule has 0 aliphatic carbocycles. The molecular weight excluding hydrogens is 428 g/mol. The van der Waals surface area contributed by atoms with Crippen LogP contribution in [0.2, 0.25) is 0 Å². The summed E-state index contributed by atoms with van der Waals surface area (Å²) in [6.45, 7) is -0.00436. The number of unbranched alkanes of at least 4 members (excludes halogenated alkanes) is 1. The second-order valence-corrected chi connectivity index (χ2v) is 7.90. The van der Waals surface area contributed by atoms with Crippen LogP contribution in [0.3, 0.4) is 0 Å². The monoisotopic (exact) mass is 462 g/mol. The Balaban J connectivity index is 4.78. The van der Waals surface area contributed by atoms with E-state index in [4.69, 9.17) is 17.2 Å². The number of hydrogen-bond donors (Lipinski definition) is 7. The molecule has 0 rings (SSSR count). The first-order valence-corrected chi connectivity index (χ1v) is 11.3. The zero-order chi connectivity index (χ0) is 23.8. The predicted molar refractivity (Wildman–Crippen MR) is 117 cm³/mol. The van der Waals surface area contributed by atoms with Crippen LogP contribution < -0.4 is 33.2 Å². The highest BCUT2D eigenvalue weighted by atomic mass is 32.2. The van der Waals surface area contributed by atoms with Gasteiger partial charge in [-0.25, -0.2) is 4.79 Å². The third kappa shape index (κ3) is 13.5. The molecular formula is C18H34N6O6S. The lowest BCUT2D eigenvalue weighted by Crippen LogP contribution is -2.54. The summed E-state index contributed by atoms with van der Waals surface area (Å²) in [6, 6.07) is -3.05. The number of thioether (sulfide) groups is 1. The molecule has 0 bridgehead atoms. The van der Waals surface area contributed by atoms with Crippen molar-refractivity contribution >= 4 is 41.4 Å². The van der Waals surface area contributed by atoms with Crippen molar-refractivity contribution < 1.29 is 29.1 Å². The van der Waals surface area contributed by atoms with Gasteiger partial charge in [-0.3, -0.25) is 19.2 Å². The van der Waals surface area contributed by atoms with Crippen molar-refractivity contribution in [2.45, 2.75) is 56.7 Å². The number of hydrogen-bond acceptors (Lipinski definition) is 8. The van der Waals surface area contributed by atoms with Gasteiger partial charge in [0.2, 0.25) is 23.6 Å².